The van der Waals surface area contributed by atoms with Gasteiger partial charge in [0, 0.05) is 11.1 Å². The van der Waals surface area contributed by atoms with E-state index in [-0.39, 0.29) is 26.4 Å². The van der Waals surface area contributed by atoms with Crippen LogP contribution in [0.1, 0.15) is 22.3 Å². The van der Waals surface area contributed by atoms with Crippen LogP contribution in [0.3, 0.4) is 0 Å². The Morgan fingerprint density at radius 2 is 0.891 bits per heavy atom. The van der Waals surface area contributed by atoms with E-state index in [4.69, 9.17) is 9.47 Å². The molecule has 6 heteroatoms. The number of ether oxygens (including phenoxy) is 2. The van der Waals surface area contributed by atoms with Crippen molar-refractivity contribution in [3.8, 4) is 67.1 Å². The number of fused-ring (bicyclic) bond motifs is 3. The van der Waals surface area contributed by atoms with Gasteiger partial charge in [0.05, 0.1) is 18.6 Å². The molecule has 9 rings (SSSR count). The number of benzene rings is 6. The molecule has 55 heavy (non-hydrogen) atoms. The zero-order valence-electron chi connectivity index (χ0n) is 30.0. The van der Waals surface area contributed by atoms with Crippen molar-refractivity contribution in [1.29, 1.82) is 0 Å². The monoisotopic (exact) mass is 754 g/mol. The van der Waals surface area contributed by atoms with Gasteiger partial charge in [-0.15, -0.1) is 0 Å². The minimum Gasteiger partial charge on any atom is -0.491 e. The second kappa shape index (κ2) is 15.2. The highest BCUT2D eigenvalue weighted by atomic mass is 32.1. The van der Waals surface area contributed by atoms with Crippen molar-refractivity contribution in [2.45, 2.75) is 5.41 Å². The van der Waals surface area contributed by atoms with E-state index >= 15 is 0 Å². The highest BCUT2D eigenvalue weighted by Gasteiger charge is 2.48. The molecule has 0 saturated heterocycles. The molecule has 0 atom stereocenters. The standard InChI is InChI=1S/C49H38O4S2/c50-23-25-52-45-19-17-37(29-41(45)33-9-3-1-4-10-33)49(38-18-20-46(53-26-24-51)42(30-38)34-11-5-2-6-12-34)43-15-7-13-39(35-21-27-54-31-35)47(43)48-40(14-8-16-44(48)49)36-22-28-55-32-36/h1-22,27-32,50-51H,23-26H2. The van der Waals surface area contributed by atoms with Crippen molar-refractivity contribution in [3.63, 3.8) is 0 Å². The quantitative estimate of drug-likeness (QED) is 0.130. The van der Waals surface area contributed by atoms with Crippen LogP contribution < -0.4 is 9.47 Å². The van der Waals surface area contributed by atoms with Gasteiger partial charge in [-0.1, -0.05) is 109 Å². The molecule has 0 spiro atoms. The van der Waals surface area contributed by atoms with Crippen molar-refractivity contribution in [3.05, 3.63) is 189 Å². The number of aliphatic hydroxyl groups excluding tert-OH is 2. The van der Waals surface area contributed by atoms with Crippen molar-refractivity contribution in [2.75, 3.05) is 26.4 Å². The summed E-state index contributed by atoms with van der Waals surface area (Å²) in [7, 11) is 0. The summed E-state index contributed by atoms with van der Waals surface area (Å²) in [6, 6.07) is 51.7. The Hall–Kier alpha value is -5.76. The van der Waals surface area contributed by atoms with E-state index in [1.165, 1.54) is 44.5 Å². The van der Waals surface area contributed by atoms with Gasteiger partial charge in [0.15, 0.2) is 0 Å². The van der Waals surface area contributed by atoms with Gasteiger partial charge in [0.2, 0.25) is 0 Å². The highest BCUT2D eigenvalue weighted by Crippen LogP contribution is 2.61. The molecule has 270 valence electrons. The van der Waals surface area contributed by atoms with E-state index in [1.807, 2.05) is 36.4 Å². The molecule has 1 aliphatic rings. The Balaban J connectivity index is 1.43. The molecule has 6 aromatic carbocycles. The molecule has 2 heterocycles. The molecule has 1 aliphatic carbocycles. The lowest BCUT2D eigenvalue weighted by atomic mass is 9.66. The van der Waals surface area contributed by atoms with Gasteiger partial charge in [-0.2, -0.15) is 22.7 Å². The average Bonchev–Trinajstić information content (AvgIpc) is 4.04. The Kier molecular flexibility index (Phi) is 9.65. The van der Waals surface area contributed by atoms with Gasteiger partial charge in [-0.25, -0.2) is 0 Å². The number of hydrogen-bond donors (Lipinski definition) is 2. The largest absolute Gasteiger partial charge is 0.491 e. The van der Waals surface area contributed by atoms with Gasteiger partial charge in [-0.3, -0.25) is 0 Å². The summed E-state index contributed by atoms with van der Waals surface area (Å²) >= 11 is 3.42. The van der Waals surface area contributed by atoms with E-state index in [9.17, 15) is 10.2 Å². The summed E-state index contributed by atoms with van der Waals surface area (Å²) in [5.41, 5.74) is 15.0. The number of aliphatic hydroxyl groups is 2. The molecule has 2 N–H and O–H groups in total. The van der Waals surface area contributed by atoms with E-state index in [2.05, 4.69) is 131 Å². The summed E-state index contributed by atoms with van der Waals surface area (Å²) in [5.74, 6) is 1.43. The van der Waals surface area contributed by atoms with Crippen LogP contribution in [-0.4, -0.2) is 36.6 Å². The first-order valence-corrected chi connectivity index (χ1v) is 20.3. The van der Waals surface area contributed by atoms with E-state index < -0.39 is 5.41 Å². The predicted octanol–water partition coefficient (Wildman–Crippen LogP) is 11.6. The summed E-state index contributed by atoms with van der Waals surface area (Å²) in [5, 5.41) is 28.3. The molecule has 0 saturated carbocycles. The van der Waals surface area contributed by atoms with Crippen LogP contribution in [0.25, 0.3) is 55.6 Å². The van der Waals surface area contributed by atoms with Gasteiger partial charge in [0.1, 0.15) is 24.7 Å². The third-order valence-electron chi connectivity index (χ3n) is 10.5. The molecule has 2 aromatic heterocycles. The Morgan fingerprint density at radius 3 is 1.29 bits per heavy atom. The zero-order valence-corrected chi connectivity index (χ0v) is 31.7. The molecule has 8 aromatic rings. The summed E-state index contributed by atoms with van der Waals surface area (Å²) in [6.07, 6.45) is 0. The fraction of sp³-hybridized carbons (Fsp3) is 0.102. The summed E-state index contributed by atoms with van der Waals surface area (Å²) in [4.78, 5) is 0. The Bertz CT molecular complexity index is 2380. The number of thiophene rings is 2. The number of rotatable bonds is 12. The predicted molar refractivity (Wildman–Crippen MR) is 226 cm³/mol. The van der Waals surface area contributed by atoms with Crippen LogP contribution in [0.2, 0.25) is 0 Å². The second-order valence-corrected chi connectivity index (χ2v) is 15.1. The number of hydrogen-bond acceptors (Lipinski definition) is 6. The van der Waals surface area contributed by atoms with E-state index in [0.717, 1.165) is 44.9 Å². The average molecular weight is 755 g/mol. The first-order valence-electron chi connectivity index (χ1n) is 18.4. The summed E-state index contributed by atoms with van der Waals surface area (Å²) < 4.78 is 12.4. The Morgan fingerprint density at radius 1 is 0.436 bits per heavy atom. The third kappa shape index (κ3) is 6.08. The van der Waals surface area contributed by atoms with Crippen LogP contribution in [0.5, 0.6) is 11.5 Å². The minimum absolute atomic E-state index is 0.0790. The second-order valence-electron chi connectivity index (χ2n) is 13.5. The molecular weight excluding hydrogens is 717 g/mol. The molecule has 0 fully saturated rings. The van der Waals surface area contributed by atoms with Gasteiger partial charge in [0.25, 0.3) is 0 Å². The maximum atomic E-state index is 9.78. The topological polar surface area (TPSA) is 58.9 Å². The molecule has 0 radical (unpaired) electrons. The van der Waals surface area contributed by atoms with Crippen LogP contribution in [-0.2, 0) is 5.41 Å². The van der Waals surface area contributed by atoms with E-state index in [0.29, 0.717) is 0 Å². The summed E-state index contributed by atoms with van der Waals surface area (Å²) in [6.45, 7) is 0.230. The van der Waals surface area contributed by atoms with Crippen molar-refractivity contribution >= 4 is 22.7 Å². The lowest BCUT2D eigenvalue weighted by molar-refractivity contribution is 0.202. The lowest BCUT2D eigenvalue weighted by Gasteiger charge is -2.35. The van der Waals surface area contributed by atoms with Gasteiger partial charge in [-0.05, 0) is 125 Å². The molecular formula is C49H38O4S2. The molecule has 0 amide bonds. The first kappa shape index (κ1) is 35.0. The van der Waals surface area contributed by atoms with Crippen LogP contribution in [0.4, 0.5) is 0 Å². The van der Waals surface area contributed by atoms with Crippen LogP contribution >= 0.6 is 22.7 Å². The third-order valence-corrected chi connectivity index (χ3v) is 11.9. The zero-order chi connectivity index (χ0) is 37.2. The van der Waals surface area contributed by atoms with Gasteiger partial charge < -0.3 is 19.7 Å². The van der Waals surface area contributed by atoms with Crippen molar-refractivity contribution < 1.29 is 19.7 Å². The maximum Gasteiger partial charge on any atom is 0.127 e. The molecule has 0 bridgehead atoms. The minimum atomic E-state index is -0.777. The Labute approximate surface area is 329 Å². The normalized spacial score (nSPS) is 12.6. The van der Waals surface area contributed by atoms with Crippen molar-refractivity contribution in [1.82, 2.24) is 0 Å². The maximum absolute atomic E-state index is 9.78. The lowest BCUT2D eigenvalue weighted by Crippen LogP contribution is -2.29. The molecule has 4 nitrogen and oxygen atoms in total. The van der Waals surface area contributed by atoms with Crippen LogP contribution in [0, 0.1) is 0 Å². The SMILES string of the molecule is OCCOc1ccc(C2(c3ccc(OCCO)c(-c4ccccc4)c3)c3cccc(-c4ccsc4)c3-c3c(-c4ccsc4)cccc32)cc1-c1ccccc1. The fourth-order valence-electron chi connectivity index (χ4n) is 8.29. The van der Waals surface area contributed by atoms with Crippen molar-refractivity contribution in [2.24, 2.45) is 0 Å². The smallest absolute Gasteiger partial charge is 0.127 e. The highest BCUT2D eigenvalue weighted by molar-refractivity contribution is 7.08. The van der Waals surface area contributed by atoms with Gasteiger partial charge >= 0.3 is 0 Å². The van der Waals surface area contributed by atoms with E-state index in [1.54, 1.807) is 22.7 Å². The fourth-order valence-corrected chi connectivity index (χ4v) is 9.61. The molecule has 0 aliphatic heterocycles. The first-order chi connectivity index (χ1) is 27.2. The molecule has 0 unspecified atom stereocenters. The van der Waals surface area contributed by atoms with Crippen LogP contribution in [0.15, 0.2) is 167 Å².